The first kappa shape index (κ1) is 14.0. The lowest BCUT2D eigenvalue weighted by molar-refractivity contribution is 0.0142. The van der Waals surface area contributed by atoms with Crippen LogP contribution in [0, 0.1) is 5.92 Å². The average Bonchev–Trinajstić information content (AvgIpc) is 2.15. The predicted octanol–water partition coefficient (Wildman–Crippen LogP) is 3.36. The largest absolute Gasteiger partial charge is 0.378 e. The maximum Gasteiger partial charge on any atom is 0.0577 e. The minimum Gasteiger partial charge on any atom is -0.378 e. The molecule has 2 heteroatoms. The van der Waals surface area contributed by atoms with Gasteiger partial charge in [-0.2, -0.15) is 0 Å². The van der Waals surface area contributed by atoms with E-state index in [2.05, 4.69) is 33.0 Å². The summed E-state index contributed by atoms with van der Waals surface area (Å²) in [6.07, 6.45) is 6.96. The van der Waals surface area contributed by atoms with Crippen LogP contribution in [0.3, 0.4) is 0 Å². The summed E-state index contributed by atoms with van der Waals surface area (Å²) in [4.78, 5) is 0. The average molecular weight is 227 g/mol. The van der Waals surface area contributed by atoms with Gasteiger partial charge >= 0.3 is 0 Å². The monoisotopic (exact) mass is 227 g/mol. The van der Waals surface area contributed by atoms with E-state index in [0.29, 0.717) is 6.10 Å². The zero-order valence-electron chi connectivity index (χ0n) is 11.5. The number of hydrogen-bond donors (Lipinski definition) is 1. The van der Waals surface area contributed by atoms with E-state index in [0.717, 1.165) is 25.5 Å². The SMILES string of the molecule is CC1CCCC(OCCCNC(C)(C)C)C1. The van der Waals surface area contributed by atoms with Gasteiger partial charge in [-0.1, -0.05) is 19.8 Å². The molecule has 0 saturated heterocycles. The zero-order valence-corrected chi connectivity index (χ0v) is 11.5. The van der Waals surface area contributed by atoms with E-state index in [1.165, 1.54) is 25.7 Å². The molecule has 0 heterocycles. The molecule has 16 heavy (non-hydrogen) atoms. The van der Waals surface area contributed by atoms with Gasteiger partial charge < -0.3 is 10.1 Å². The summed E-state index contributed by atoms with van der Waals surface area (Å²) >= 11 is 0. The molecule has 0 amide bonds. The van der Waals surface area contributed by atoms with Gasteiger partial charge in [0.25, 0.3) is 0 Å². The maximum atomic E-state index is 5.93. The summed E-state index contributed by atoms with van der Waals surface area (Å²) < 4.78 is 5.93. The van der Waals surface area contributed by atoms with Crippen LogP contribution in [0.1, 0.15) is 59.8 Å². The van der Waals surface area contributed by atoms with E-state index in [-0.39, 0.29) is 5.54 Å². The number of rotatable bonds is 5. The van der Waals surface area contributed by atoms with Crippen LogP contribution in [0.15, 0.2) is 0 Å². The molecule has 0 spiro atoms. The molecule has 1 fully saturated rings. The van der Waals surface area contributed by atoms with Crippen molar-refractivity contribution in [1.82, 2.24) is 5.32 Å². The lowest BCUT2D eigenvalue weighted by Crippen LogP contribution is -2.36. The van der Waals surface area contributed by atoms with Gasteiger partial charge in [-0.25, -0.2) is 0 Å². The fourth-order valence-electron chi connectivity index (χ4n) is 2.32. The van der Waals surface area contributed by atoms with Crippen molar-refractivity contribution >= 4 is 0 Å². The highest BCUT2D eigenvalue weighted by atomic mass is 16.5. The molecule has 0 aliphatic heterocycles. The molecule has 1 aliphatic rings. The Morgan fingerprint density at radius 2 is 2.00 bits per heavy atom. The second-order valence-corrected chi connectivity index (χ2v) is 6.29. The highest BCUT2D eigenvalue weighted by molar-refractivity contribution is 4.71. The number of ether oxygens (including phenoxy) is 1. The first-order valence-electron chi connectivity index (χ1n) is 6.84. The van der Waals surface area contributed by atoms with Crippen molar-refractivity contribution in [2.24, 2.45) is 5.92 Å². The molecule has 1 N–H and O–H groups in total. The van der Waals surface area contributed by atoms with Crippen molar-refractivity contribution in [1.29, 1.82) is 0 Å². The van der Waals surface area contributed by atoms with E-state index in [9.17, 15) is 0 Å². The summed E-state index contributed by atoms with van der Waals surface area (Å²) in [5, 5.41) is 3.49. The molecule has 1 rings (SSSR count). The van der Waals surface area contributed by atoms with Gasteiger partial charge in [-0.3, -0.25) is 0 Å². The fourth-order valence-corrected chi connectivity index (χ4v) is 2.32. The zero-order chi connectivity index (χ0) is 12.0. The summed E-state index contributed by atoms with van der Waals surface area (Å²) in [5.41, 5.74) is 0.235. The molecule has 0 aromatic rings. The van der Waals surface area contributed by atoms with Gasteiger partial charge in [0, 0.05) is 12.1 Å². The molecule has 96 valence electrons. The second-order valence-electron chi connectivity index (χ2n) is 6.29. The molecule has 2 unspecified atom stereocenters. The van der Waals surface area contributed by atoms with E-state index in [4.69, 9.17) is 4.74 Å². The lowest BCUT2D eigenvalue weighted by atomic mass is 9.89. The Labute approximate surface area is 101 Å². The Bertz CT molecular complexity index is 186. The van der Waals surface area contributed by atoms with Crippen molar-refractivity contribution in [2.75, 3.05) is 13.2 Å². The Balaban J connectivity index is 1.98. The van der Waals surface area contributed by atoms with Crippen LogP contribution >= 0.6 is 0 Å². The van der Waals surface area contributed by atoms with E-state index in [1.807, 2.05) is 0 Å². The molecule has 0 radical (unpaired) electrons. The standard InChI is InChI=1S/C14H29NO/c1-12-7-5-8-13(11-12)16-10-6-9-15-14(2,3)4/h12-13,15H,5-11H2,1-4H3. The molecular formula is C14H29NO. The molecule has 1 aliphatic carbocycles. The van der Waals surface area contributed by atoms with Crippen molar-refractivity contribution in [3.63, 3.8) is 0 Å². The van der Waals surface area contributed by atoms with Gasteiger partial charge in [-0.05, 0) is 52.5 Å². The summed E-state index contributed by atoms with van der Waals surface area (Å²) in [6, 6.07) is 0. The Morgan fingerprint density at radius 1 is 1.25 bits per heavy atom. The summed E-state index contributed by atoms with van der Waals surface area (Å²) in [5.74, 6) is 0.867. The molecule has 0 aromatic heterocycles. The maximum absolute atomic E-state index is 5.93. The molecule has 1 saturated carbocycles. The molecule has 2 atom stereocenters. The van der Waals surface area contributed by atoms with Crippen molar-refractivity contribution < 1.29 is 4.74 Å². The topological polar surface area (TPSA) is 21.3 Å². The van der Waals surface area contributed by atoms with Gasteiger partial charge in [0.05, 0.1) is 6.10 Å². The van der Waals surface area contributed by atoms with Gasteiger partial charge in [0.2, 0.25) is 0 Å². The summed E-state index contributed by atoms with van der Waals surface area (Å²) in [7, 11) is 0. The second kappa shape index (κ2) is 6.61. The predicted molar refractivity (Wildman–Crippen MR) is 69.7 cm³/mol. The Kier molecular flexibility index (Phi) is 5.77. The summed E-state index contributed by atoms with van der Waals surface area (Å²) in [6.45, 7) is 10.9. The van der Waals surface area contributed by atoms with Gasteiger partial charge in [-0.15, -0.1) is 0 Å². The van der Waals surface area contributed by atoms with Crippen LogP contribution in [0.5, 0.6) is 0 Å². The van der Waals surface area contributed by atoms with Gasteiger partial charge in [0.15, 0.2) is 0 Å². The van der Waals surface area contributed by atoms with Crippen LogP contribution in [0.25, 0.3) is 0 Å². The van der Waals surface area contributed by atoms with E-state index in [1.54, 1.807) is 0 Å². The first-order valence-corrected chi connectivity index (χ1v) is 6.84. The van der Waals surface area contributed by atoms with Crippen LogP contribution in [-0.4, -0.2) is 24.8 Å². The Morgan fingerprint density at radius 3 is 2.62 bits per heavy atom. The first-order chi connectivity index (χ1) is 7.47. The van der Waals surface area contributed by atoms with Crippen LogP contribution < -0.4 is 5.32 Å². The van der Waals surface area contributed by atoms with E-state index >= 15 is 0 Å². The van der Waals surface area contributed by atoms with E-state index < -0.39 is 0 Å². The van der Waals surface area contributed by atoms with Gasteiger partial charge in [0.1, 0.15) is 0 Å². The number of nitrogens with one attached hydrogen (secondary N) is 1. The minimum atomic E-state index is 0.235. The van der Waals surface area contributed by atoms with Crippen LogP contribution in [0.2, 0.25) is 0 Å². The molecule has 0 aromatic carbocycles. The smallest absolute Gasteiger partial charge is 0.0577 e. The normalized spacial score (nSPS) is 27.0. The fraction of sp³-hybridized carbons (Fsp3) is 1.00. The molecular weight excluding hydrogens is 198 g/mol. The van der Waals surface area contributed by atoms with Crippen molar-refractivity contribution in [3.8, 4) is 0 Å². The van der Waals surface area contributed by atoms with Crippen LogP contribution in [-0.2, 0) is 4.74 Å². The minimum absolute atomic E-state index is 0.235. The Hall–Kier alpha value is -0.0800. The van der Waals surface area contributed by atoms with Crippen molar-refractivity contribution in [2.45, 2.75) is 71.4 Å². The quantitative estimate of drug-likeness (QED) is 0.727. The lowest BCUT2D eigenvalue weighted by Gasteiger charge is -2.27. The molecule has 0 bridgehead atoms. The third-order valence-corrected chi connectivity index (χ3v) is 3.22. The third-order valence-electron chi connectivity index (χ3n) is 3.22. The highest BCUT2D eigenvalue weighted by Gasteiger charge is 2.18. The van der Waals surface area contributed by atoms with Crippen LogP contribution in [0.4, 0.5) is 0 Å². The van der Waals surface area contributed by atoms with Crippen molar-refractivity contribution in [3.05, 3.63) is 0 Å². The molecule has 2 nitrogen and oxygen atoms in total. The number of hydrogen-bond acceptors (Lipinski definition) is 2. The highest BCUT2D eigenvalue weighted by Crippen LogP contribution is 2.25. The third kappa shape index (κ3) is 6.49.